The van der Waals surface area contributed by atoms with Crippen molar-refractivity contribution in [2.45, 2.75) is 0 Å². The van der Waals surface area contributed by atoms with E-state index in [4.69, 9.17) is 5.11 Å². The van der Waals surface area contributed by atoms with Gasteiger partial charge in [0.2, 0.25) is 0 Å². The normalized spacial score (nSPS) is 8.71. The fourth-order valence-electron chi connectivity index (χ4n) is 1.44. The van der Waals surface area contributed by atoms with Crippen molar-refractivity contribution in [2.75, 3.05) is 0 Å². The van der Waals surface area contributed by atoms with E-state index in [-0.39, 0.29) is 60.0 Å². The van der Waals surface area contributed by atoms with Gasteiger partial charge in [-0.1, -0.05) is 42.5 Å². The van der Waals surface area contributed by atoms with Crippen molar-refractivity contribution in [1.29, 1.82) is 0 Å². The molecule has 0 fully saturated rings. The van der Waals surface area contributed by atoms with Gasteiger partial charge in [0.05, 0.1) is 5.56 Å². The molecule has 0 saturated heterocycles. The zero-order valence-electron chi connectivity index (χ0n) is 9.34. The van der Waals surface area contributed by atoms with Gasteiger partial charge in [0.25, 0.3) is 0 Å². The summed E-state index contributed by atoms with van der Waals surface area (Å²) in [6.45, 7) is 0. The molecule has 0 saturated carbocycles. The van der Waals surface area contributed by atoms with Gasteiger partial charge in [-0.2, -0.15) is 0 Å². The molecule has 79 valence electrons. The predicted molar refractivity (Wildman–Crippen MR) is 58.8 cm³/mol. The third-order valence-electron chi connectivity index (χ3n) is 2.24. The third kappa shape index (κ3) is 4.60. The van der Waals surface area contributed by atoms with E-state index in [0.717, 1.165) is 11.1 Å². The summed E-state index contributed by atoms with van der Waals surface area (Å²) in [5, 5.41) is 8.75. The predicted octanol–water partition coefficient (Wildman–Crippen LogP) is 3.05. The Morgan fingerprint density at radius 3 is 1.76 bits per heavy atom. The first-order valence-electron chi connectivity index (χ1n) is 4.66. The SMILES string of the molecule is O=C(O)c1ccc(-c2ccccc2)cc1.[Cd].[Y]. The molecule has 0 aliphatic carbocycles. The zero-order valence-corrected chi connectivity index (χ0v) is 16.2. The average molecular weight is 400 g/mol. The summed E-state index contributed by atoms with van der Waals surface area (Å²) in [5.41, 5.74) is 2.43. The Balaban J connectivity index is 0.00000128. The second-order valence-corrected chi connectivity index (χ2v) is 3.25. The third-order valence-corrected chi connectivity index (χ3v) is 2.24. The largest absolute Gasteiger partial charge is 0.478 e. The van der Waals surface area contributed by atoms with Crippen molar-refractivity contribution in [1.82, 2.24) is 0 Å². The number of carboxylic acid groups (broad SMARTS) is 1. The molecular formula is C13H10CdO2Y. The van der Waals surface area contributed by atoms with Gasteiger partial charge in [0.1, 0.15) is 0 Å². The van der Waals surface area contributed by atoms with E-state index in [1.54, 1.807) is 12.1 Å². The number of carboxylic acids is 1. The molecule has 2 aromatic rings. The van der Waals surface area contributed by atoms with Crippen molar-refractivity contribution in [3.8, 4) is 11.1 Å². The molecule has 1 radical (unpaired) electrons. The van der Waals surface area contributed by atoms with Crippen LogP contribution >= 0.6 is 0 Å². The molecular weight excluding hydrogens is 389 g/mol. The molecule has 0 heterocycles. The van der Waals surface area contributed by atoms with Crippen molar-refractivity contribution < 1.29 is 69.9 Å². The molecule has 2 nitrogen and oxygen atoms in total. The van der Waals surface area contributed by atoms with Crippen LogP contribution in [0.5, 0.6) is 0 Å². The summed E-state index contributed by atoms with van der Waals surface area (Å²) < 4.78 is 0. The Morgan fingerprint density at radius 1 is 0.824 bits per heavy atom. The summed E-state index contributed by atoms with van der Waals surface area (Å²) in [4.78, 5) is 10.6. The van der Waals surface area contributed by atoms with Gasteiger partial charge in [0, 0.05) is 60.0 Å². The van der Waals surface area contributed by atoms with E-state index in [0.29, 0.717) is 5.56 Å². The Hall–Kier alpha value is -0.0640. The van der Waals surface area contributed by atoms with Crippen LogP contribution in [0.1, 0.15) is 10.4 Å². The average Bonchev–Trinajstić information content (AvgIpc) is 2.30. The van der Waals surface area contributed by atoms with Crippen LogP contribution in [0.3, 0.4) is 0 Å². The number of carbonyl (C=O) groups is 1. The molecule has 2 rings (SSSR count). The van der Waals surface area contributed by atoms with E-state index in [2.05, 4.69) is 0 Å². The molecule has 4 heteroatoms. The molecule has 0 unspecified atom stereocenters. The molecule has 2 aromatic carbocycles. The van der Waals surface area contributed by atoms with E-state index in [1.165, 1.54) is 0 Å². The fourth-order valence-corrected chi connectivity index (χ4v) is 1.44. The van der Waals surface area contributed by atoms with Crippen LogP contribution in [-0.4, -0.2) is 11.1 Å². The van der Waals surface area contributed by atoms with Crippen LogP contribution in [0.15, 0.2) is 54.6 Å². The van der Waals surface area contributed by atoms with E-state index in [9.17, 15) is 4.79 Å². The van der Waals surface area contributed by atoms with Crippen LogP contribution in [-0.2, 0) is 60.0 Å². The second-order valence-electron chi connectivity index (χ2n) is 3.25. The van der Waals surface area contributed by atoms with Crippen molar-refractivity contribution in [2.24, 2.45) is 0 Å². The minimum Gasteiger partial charge on any atom is -0.478 e. The maximum atomic E-state index is 10.6. The molecule has 0 aliphatic rings. The van der Waals surface area contributed by atoms with Crippen molar-refractivity contribution in [3.63, 3.8) is 0 Å². The summed E-state index contributed by atoms with van der Waals surface area (Å²) in [7, 11) is 0. The van der Waals surface area contributed by atoms with Gasteiger partial charge in [-0.25, -0.2) is 4.79 Å². The number of aromatic carboxylic acids is 1. The summed E-state index contributed by atoms with van der Waals surface area (Å²) in [6.07, 6.45) is 0. The summed E-state index contributed by atoms with van der Waals surface area (Å²) in [6, 6.07) is 16.7. The van der Waals surface area contributed by atoms with Gasteiger partial charge in [-0.05, 0) is 23.3 Å². The number of benzene rings is 2. The van der Waals surface area contributed by atoms with Crippen LogP contribution in [0.25, 0.3) is 11.1 Å². The van der Waals surface area contributed by atoms with Crippen molar-refractivity contribution >= 4 is 5.97 Å². The van der Waals surface area contributed by atoms with Gasteiger partial charge >= 0.3 is 5.97 Å². The van der Waals surface area contributed by atoms with E-state index >= 15 is 0 Å². The number of hydrogen-bond acceptors (Lipinski definition) is 1. The fraction of sp³-hybridized carbons (Fsp3) is 0. The molecule has 17 heavy (non-hydrogen) atoms. The van der Waals surface area contributed by atoms with E-state index in [1.807, 2.05) is 42.5 Å². The monoisotopic (exact) mass is 401 g/mol. The Bertz CT molecular complexity index is 469. The van der Waals surface area contributed by atoms with Crippen LogP contribution in [0.4, 0.5) is 0 Å². The summed E-state index contributed by atoms with van der Waals surface area (Å²) in [5.74, 6) is -0.894. The Kier molecular flexibility index (Phi) is 8.08. The van der Waals surface area contributed by atoms with Crippen molar-refractivity contribution in [3.05, 3.63) is 60.2 Å². The standard InChI is InChI=1S/C13H10O2.Cd.Y/c14-13(15)12-8-6-11(7-9-12)10-4-2-1-3-5-10;;/h1-9H,(H,14,15);;. The first-order valence-corrected chi connectivity index (χ1v) is 4.66. The molecule has 0 aromatic heterocycles. The topological polar surface area (TPSA) is 37.3 Å². The maximum Gasteiger partial charge on any atom is 0.335 e. The summed E-state index contributed by atoms with van der Waals surface area (Å²) >= 11 is 0. The van der Waals surface area contributed by atoms with Gasteiger partial charge in [0.15, 0.2) is 0 Å². The van der Waals surface area contributed by atoms with Crippen LogP contribution in [0.2, 0.25) is 0 Å². The van der Waals surface area contributed by atoms with E-state index < -0.39 is 5.97 Å². The molecule has 0 aliphatic heterocycles. The molecule has 0 spiro atoms. The van der Waals surface area contributed by atoms with Gasteiger partial charge in [-0.15, -0.1) is 0 Å². The molecule has 0 amide bonds. The maximum absolute atomic E-state index is 10.6. The minimum absolute atomic E-state index is 0. The Labute approximate surface area is 145 Å². The van der Waals surface area contributed by atoms with Crippen LogP contribution in [0, 0.1) is 0 Å². The van der Waals surface area contributed by atoms with Crippen LogP contribution < -0.4 is 0 Å². The minimum atomic E-state index is -0.894. The smallest absolute Gasteiger partial charge is 0.335 e. The molecule has 0 atom stereocenters. The van der Waals surface area contributed by atoms with Gasteiger partial charge in [-0.3, -0.25) is 0 Å². The Morgan fingerprint density at radius 2 is 1.29 bits per heavy atom. The van der Waals surface area contributed by atoms with Gasteiger partial charge < -0.3 is 5.11 Å². The zero-order chi connectivity index (χ0) is 10.7. The first-order chi connectivity index (χ1) is 7.27. The first kappa shape index (κ1) is 16.9. The quantitative estimate of drug-likeness (QED) is 0.788. The molecule has 0 bridgehead atoms. The number of hydrogen-bond donors (Lipinski definition) is 1. The molecule has 1 N–H and O–H groups in total. The second kappa shape index (κ2) is 8.11. The number of rotatable bonds is 2.